The summed E-state index contributed by atoms with van der Waals surface area (Å²) in [6, 6.07) is 8.16. The van der Waals surface area contributed by atoms with Gasteiger partial charge in [0, 0.05) is 32.7 Å². The topological polar surface area (TPSA) is 52.5 Å². The molecule has 2 heterocycles. The van der Waals surface area contributed by atoms with Crippen LogP contribution in [0.3, 0.4) is 0 Å². The van der Waals surface area contributed by atoms with Crippen LogP contribution >= 0.6 is 0 Å². The van der Waals surface area contributed by atoms with Gasteiger partial charge < -0.3 is 14.9 Å². The van der Waals surface area contributed by atoms with Gasteiger partial charge in [-0.15, -0.1) is 0 Å². The lowest BCUT2D eigenvalue weighted by atomic mass is 9.94. The molecule has 126 valence electrons. The molecule has 5 heteroatoms. The normalized spacial score (nSPS) is 19.6. The van der Waals surface area contributed by atoms with Crippen molar-refractivity contribution in [1.82, 2.24) is 9.97 Å². The standard InChI is InChI=1S/C19H24N4O/c1-22(2)19-20-16-10-6-5-9-15(16)18(21-19)23-11-13-7-3-4-8-14(13)17(24)12-23/h3-4,7-8,17,24H,5-6,9-12H2,1-2H3. The minimum Gasteiger partial charge on any atom is -0.387 e. The van der Waals surface area contributed by atoms with Gasteiger partial charge >= 0.3 is 0 Å². The third-order valence-electron chi connectivity index (χ3n) is 5.02. The molecule has 1 N–H and O–H groups in total. The first-order valence-electron chi connectivity index (χ1n) is 8.71. The largest absolute Gasteiger partial charge is 0.387 e. The highest BCUT2D eigenvalue weighted by atomic mass is 16.3. The molecule has 4 rings (SSSR count). The van der Waals surface area contributed by atoms with Crippen molar-refractivity contribution in [3.8, 4) is 0 Å². The first-order chi connectivity index (χ1) is 11.6. The average molecular weight is 324 g/mol. The van der Waals surface area contributed by atoms with Crippen LogP contribution in [0.5, 0.6) is 0 Å². The Hall–Kier alpha value is -2.14. The Bertz CT molecular complexity index is 759. The lowest BCUT2D eigenvalue weighted by Gasteiger charge is -2.35. The number of aliphatic hydroxyl groups excluding tert-OH is 1. The molecule has 0 bridgehead atoms. The number of fused-ring (bicyclic) bond motifs is 2. The zero-order valence-electron chi connectivity index (χ0n) is 14.4. The number of hydrogen-bond acceptors (Lipinski definition) is 5. The number of aryl methyl sites for hydroxylation is 1. The first-order valence-corrected chi connectivity index (χ1v) is 8.71. The summed E-state index contributed by atoms with van der Waals surface area (Å²) in [4.78, 5) is 13.8. The van der Waals surface area contributed by atoms with E-state index in [4.69, 9.17) is 9.97 Å². The molecule has 0 radical (unpaired) electrons. The molecule has 0 spiro atoms. The van der Waals surface area contributed by atoms with Gasteiger partial charge in [-0.2, -0.15) is 4.98 Å². The summed E-state index contributed by atoms with van der Waals surface area (Å²) in [6.07, 6.45) is 3.98. The van der Waals surface area contributed by atoms with Crippen LogP contribution in [0.15, 0.2) is 24.3 Å². The minimum atomic E-state index is -0.466. The van der Waals surface area contributed by atoms with Crippen LogP contribution in [0.25, 0.3) is 0 Å². The summed E-state index contributed by atoms with van der Waals surface area (Å²) in [5, 5.41) is 10.6. The number of anilines is 2. The molecule has 1 aliphatic heterocycles. The van der Waals surface area contributed by atoms with E-state index in [9.17, 15) is 5.11 Å². The van der Waals surface area contributed by atoms with Crippen molar-refractivity contribution in [3.63, 3.8) is 0 Å². The van der Waals surface area contributed by atoms with Crippen LogP contribution < -0.4 is 9.80 Å². The quantitative estimate of drug-likeness (QED) is 0.920. The average Bonchev–Trinajstić information content (AvgIpc) is 2.60. The van der Waals surface area contributed by atoms with Gasteiger partial charge in [0.25, 0.3) is 0 Å². The number of β-amino-alcohol motifs (C(OH)–C–C–N with tert-alkyl or cyclic N) is 1. The van der Waals surface area contributed by atoms with Crippen molar-refractivity contribution in [1.29, 1.82) is 0 Å². The van der Waals surface area contributed by atoms with Gasteiger partial charge in [-0.25, -0.2) is 4.98 Å². The van der Waals surface area contributed by atoms with E-state index in [0.717, 1.165) is 36.7 Å². The number of rotatable bonds is 2. The molecular weight excluding hydrogens is 300 g/mol. The van der Waals surface area contributed by atoms with Gasteiger partial charge in [-0.05, 0) is 36.8 Å². The van der Waals surface area contributed by atoms with E-state index in [-0.39, 0.29) is 0 Å². The smallest absolute Gasteiger partial charge is 0.227 e. The van der Waals surface area contributed by atoms with Gasteiger partial charge in [0.1, 0.15) is 5.82 Å². The number of nitrogens with zero attached hydrogens (tertiary/aromatic N) is 4. The molecule has 2 aliphatic rings. The molecule has 5 nitrogen and oxygen atoms in total. The van der Waals surface area contributed by atoms with Gasteiger partial charge in [0.05, 0.1) is 11.8 Å². The Balaban J connectivity index is 1.78. The summed E-state index contributed by atoms with van der Waals surface area (Å²) in [6.45, 7) is 1.39. The Kier molecular flexibility index (Phi) is 3.88. The number of aliphatic hydroxyl groups is 1. The molecule has 1 atom stereocenters. The second kappa shape index (κ2) is 6.06. The van der Waals surface area contributed by atoms with Crippen LogP contribution in [0.4, 0.5) is 11.8 Å². The summed E-state index contributed by atoms with van der Waals surface area (Å²) in [7, 11) is 3.96. The minimum absolute atomic E-state index is 0.466. The van der Waals surface area contributed by atoms with Gasteiger partial charge in [-0.1, -0.05) is 24.3 Å². The van der Waals surface area contributed by atoms with E-state index >= 15 is 0 Å². The van der Waals surface area contributed by atoms with Crippen molar-refractivity contribution in [2.45, 2.75) is 38.3 Å². The van der Waals surface area contributed by atoms with Crippen LogP contribution in [0.1, 0.15) is 41.3 Å². The SMILES string of the molecule is CN(C)c1nc2c(c(N3Cc4ccccc4C(O)C3)n1)CCCC2. The molecule has 2 aromatic rings. The maximum Gasteiger partial charge on any atom is 0.227 e. The van der Waals surface area contributed by atoms with Crippen LogP contribution in [-0.4, -0.2) is 35.7 Å². The number of aromatic nitrogens is 2. The van der Waals surface area contributed by atoms with Gasteiger partial charge in [0.15, 0.2) is 0 Å². The van der Waals surface area contributed by atoms with E-state index in [1.54, 1.807) is 0 Å². The summed E-state index contributed by atoms with van der Waals surface area (Å²) < 4.78 is 0. The second-order valence-corrected chi connectivity index (χ2v) is 6.97. The molecule has 1 aromatic heterocycles. The van der Waals surface area contributed by atoms with E-state index < -0.39 is 6.10 Å². The fourth-order valence-electron chi connectivity index (χ4n) is 3.77. The third-order valence-corrected chi connectivity index (χ3v) is 5.02. The molecule has 0 amide bonds. The molecule has 0 fully saturated rings. The predicted molar refractivity (Wildman–Crippen MR) is 95.5 cm³/mol. The molecule has 1 aromatic carbocycles. The second-order valence-electron chi connectivity index (χ2n) is 6.97. The zero-order valence-corrected chi connectivity index (χ0v) is 14.4. The molecule has 24 heavy (non-hydrogen) atoms. The fourth-order valence-corrected chi connectivity index (χ4v) is 3.77. The lowest BCUT2D eigenvalue weighted by Crippen LogP contribution is -2.35. The highest BCUT2D eigenvalue weighted by Crippen LogP contribution is 2.34. The van der Waals surface area contributed by atoms with Crippen LogP contribution in [0, 0.1) is 0 Å². The summed E-state index contributed by atoms with van der Waals surface area (Å²) in [5.41, 5.74) is 4.69. The van der Waals surface area contributed by atoms with Gasteiger partial charge in [0.2, 0.25) is 5.95 Å². The Morgan fingerprint density at radius 2 is 1.92 bits per heavy atom. The molecule has 1 aliphatic carbocycles. The van der Waals surface area contributed by atoms with E-state index in [2.05, 4.69) is 11.0 Å². The monoisotopic (exact) mass is 324 g/mol. The summed E-state index contributed by atoms with van der Waals surface area (Å²) in [5.74, 6) is 1.77. The third kappa shape index (κ3) is 2.63. The highest BCUT2D eigenvalue weighted by Gasteiger charge is 2.28. The maximum atomic E-state index is 10.6. The van der Waals surface area contributed by atoms with Crippen LogP contribution in [-0.2, 0) is 19.4 Å². The van der Waals surface area contributed by atoms with E-state index in [0.29, 0.717) is 6.54 Å². The van der Waals surface area contributed by atoms with Crippen molar-refractivity contribution >= 4 is 11.8 Å². The number of benzene rings is 1. The molecule has 0 saturated carbocycles. The molecule has 0 saturated heterocycles. The Labute approximate surface area is 143 Å². The lowest BCUT2D eigenvalue weighted by molar-refractivity contribution is 0.175. The predicted octanol–water partition coefficient (Wildman–Crippen LogP) is 2.48. The van der Waals surface area contributed by atoms with Crippen molar-refractivity contribution in [2.24, 2.45) is 0 Å². The van der Waals surface area contributed by atoms with Crippen molar-refractivity contribution < 1.29 is 5.11 Å². The molecular formula is C19H24N4O. The number of hydrogen-bond donors (Lipinski definition) is 1. The van der Waals surface area contributed by atoms with Crippen molar-refractivity contribution in [3.05, 3.63) is 46.6 Å². The Morgan fingerprint density at radius 3 is 2.75 bits per heavy atom. The zero-order chi connectivity index (χ0) is 16.7. The fraction of sp³-hybridized carbons (Fsp3) is 0.474. The van der Waals surface area contributed by atoms with Crippen LogP contribution in [0.2, 0.25) is 0 Å². The summed E-state index contributed by atoms with van der Waals surface area (Å²) >= 11 is 0. The highest BCUT2D eigenvalue weighted by molar-refractivity contribution is 5.56. The maximum absolute atomic E-state index is 10.6. The van der Waals surface area contributed by atoms with E-state index in [1.807, 2.05) is 37.2 Å². The van der Waals surface area contributed by atoms with E-state index in [1.165, 1.54) is 29.7 Å². The molecule has 1 unspecified atom stereocenters. The Morgan fingerprint density at radius 1 is 1.12 bits per heavy atom. The van der Waals surface area contributed by atoms with Crippen molar-refractivity contribution in [2.75, 3.05) is 30.4 Å². The van der Waals surface area contributed by atoms with Gasteiger partial charge in [-0.3, -0.25) is 0 Å². The first kappa shape index (κ1) is 15.4.